The van der Waals surface area contributed by atoms with Crippen LogP contribution in [0.2, 0.25) is 0 Å². The molecule has 1 aliphatic rings. The van der Waals surface area contributed by atoms with Crippen LogP contribution in [0.25, 0.3) is 0 Å². The second kappa shape index (κ2) is 9.36. The van der Waals surface area contributed by atoms with Gasteiger partial charge in [-0.1, -0.05) is 6.92 Å². The Labute approximate surface area is 135 Å². The lowest BCUT2D eigenvalue weighted by atomic mass is 9.87. The predicted molar refractivity (Wildman–Crippen MR) is 89.1 cm³/mol. The molecule has 1 N–H and O–H groups in total. The highest BCUT2D eigenvalue weighted by Crippen LogP contribution is 2.23. The van der Waals surface area contributed by atoms with E-state index >= 15 is 0 Å². The molecule has 1 saturated carbocycles. The van der Waals surface area contributed by atoms with Crippen molar-refractivity contribution in [3.63, 3.8) is 0 Å². The first-order valence-corrected chi connectivity index (χ1v) is 8.52. The molecule has 0 saturated heterocycles. The first-order valence-electron chi connectivity index (χ1n) is 8.52. The summed E-state index contributed by atoms with van der Waals surface area (Å²) in [5, 5.41) is 3.58. The summed E-state index contributed by atoms with van der Waals surface area (Å²) in [6, 6.07) is 0.596. The maximum Gasteiger partial charge on any atom is 0.410 e. The van der Waals surface area contributed by atoms with Crippen molar-refractivity contribution in [3.05, 3.63) is 0 Å². The van der Waals surface area contributed by atoms with Gasteiger partial charge in [-0.25, -0.2) is 4.79 Å². The molecule has 0 aromatic carbocycles. The normalized spacial score (nSPS) is 22.4. The maximum atomic E-state index is 12.2. The zero-order chi connectivity index (χ0) is 16.6. The molecule has 0 atom stereocenters. The van der Waals surface area contributed by atoms with Crippen molar-refractivity contribution < 1.29 is 14.3 Å². The number of carbonyl (C=O) groups excluding carboxylic acids is 1. The third-order valence-electron chi connectivity index (χ3n) is 4.05. The average molecular weight is 314 g/mol. The second-order valence-electron chi connectivity index (χ2n) is 7.37. The third-order valence-corrected chi connectivity index (χ3v) is 4.05. The number of hydrogen-bond acceptors (Lipinski definition) is 4. The lowest BCUT2D eigenvalue weighted by molar-refractivity contribution is 0.0202. The molecule has 0 unspecified atom stereocenters. The van der Waals surface area contributed by atoms with Crippen molar-refractivity contribution >= 4 is 6.09 Å². The fourth-order valence-electron chi connectivity index (χ4n) is 2.69. The van der Waals surface area contributed by atoms with E-state index in [2.05, 4.69) is 12.2 Å². The Kier molecular flexibility index (Phi) is 8.18. The van der Waals surface area contributed by atoms with Gasteiger partial charge in [0.15, 0.2) is 0 Å². The van der Waals surface area contributed by atoms with E-state index in [-0.39, 0.29) is 6.09 Å². The van der Waals surface area contributed by atoms with E-state index in [1.807, 2.05) is 20.8 Å². The van der Waals surface area contributed by atoms with Crippen molar-refractivity contribution in [1.82, 2.24) is 10.2 Å². The van der Waals surface area contributed by atoms with E-state index in [0.717, 1.165) is 12.5 Å². The molecule has 0 aromatic rings. The van der Waals surface area contributed by atoms with Crippen molar-refractivity contribution in [1.29, 1.82) is 0 Å². The number of carbonyl (C=O) groups is 1. The number of hydrogen-bond donors (Lipinski definition) is 1. The van der Waals surface area contributed by atoms with E-state index in [0.29, 0.717) is 25.7 Å². The largest absolute Gasteiger partial charge is 0.444 e. The van der Waals surface area contributed by atoms with Crippen LogP contribution in [0.1, 0.15) is 53.4 Å². The zero-order valence-electron chi connectivity index (χ0n) is 15.0. The summed E-state index contributed by atoms with van der Waals surface area (Å²) >= 11 is 0. The van der Waals surface area contributed by atoms with Crippen LogP contribution in [0, 0.1) is 5.92 Å². The minimum absolute atomic E-state index is 0.261. The molecule has 1 amide bonds. The third kappa shape index (κ3) is 7.99. The van der Waals surface area contributed by atoms with Crippen LogP contribution in [0.5, 0.6) is 0 Å². The summed E-state index contributed by atoms with van der Waals surface area (Å²) in [7, 11) is 1.65. The molecule has 0 spiro atoms. The van der Waals surface area contributed by atoms with Gasteiger partial charge < -0.3 is 19.7 Å². The number of amides is 1. The molecule has 1 rings (SSSR count). The van der Waals surface area contributed by atoms with E-state index in [1.54, 1.807) is 12.0 Å². The quantitative estimate of drug-likeness (QED) is 0.785. The standard InChI is InChI=1S/C17H34N2O3/c1-14-6-8-15(9-7-14)18-10-11-19(12-13-21-5)16(20)22-17(2,3)4/h14-15,18H,6-13H2,1-5H3. The average Bonchev–Trinajstić information content (AvgIpc) is 2.42. The highest BCUT2D eigenvalue weighted by Gasteiger charge is 2.22. The molecule has 5 heteroatoms. The minimum atomic E-state index is -0.463. The molecule has 0 bridgehead atoms. The Bertz CT molecular complexity index is 320. The molecular weight excluding hydrogens is 280 g/mol. The van der Waals surface area contributed by atoms with Crippen molar-refractivity contribution in [2.24, 2.45) is 5.92 Å². The highest BCUT2D eigenvalue weighted by atomic mass is 16.6. The molecule has 22 heavy (non-hydrogen) atoms. The van der Waals surface area contributed by atoms with Crippen LogP contribution in [0.15, 0.2) is 0 Å². The Morgan fingerprint density at radius 2 is 1.82 bits per heavy atom. The fraction of sp³-hybridized carbons (Fsp3) is 0.941. The summed E-state index contributed by atoms with van der Waals surface area (Å²) < 4.78 is 10.5. The Morgan fingerprint density at radius 1 is 1.18 bits per heavy atom. The van der Waals surface area contributed by atoms with Crippen LogP contribution >= 0.6 is 0 Å². The topological polar surface area (TPSA) is 50.8 Å². The molecule has 0 aromatic heterocycles. The summed E-state index contributed by atoms with van der Waals surface area (Å²) in [4.78, 5) is 13.9. The lowest BCUT2D eigenvalue weighted by Gasteiger charge is -2.30. The van der Waals surface area contributed by atoms with E-state index in [1.165, 1.54) is 25.7 Å². The molecule has 5 nitrogen and oxygen atoms in total. The van der Waals surface area contributed by atoms with Crippen molar-refractivity contribution in [3.8, 4) is 0 Å². The van der Waals surface area contributed by atoms with Crippen molar-refractivity contribution in [2.45, 2.75) is 65.0 Å². The summed E-state index contributed by atoms with van der Waals surface area (Å²) in [6.07, 6.45) is 4.83. The van der Waals surface area contributed by atoms with Gasteiger partial charge in [-0.15, -0.1) is 0 Å². The zero-order valence-corrected chi connectivity index (χ0v) is 15.0. The minimum Gasteiger partial charge on any atom is -0.444 e. The van der Waals surface area contributed by atoms with Gasteiger partial charge in [0.05, 0.1) is 6.61 Å². The molecule has 1 aliphatic carbocycles. The van der Waals surface area contributed by atoms with Crippen LogP contribution in [0.4, 0.5) is 4.79 Å². The summed E-state index contributed by atoms with van der Waals surface area (Å²) in [5.41, 5.74) is -0.463. The van der Waals surface area contributed by atoms with Gasteiger partial charge in [-0.3, -0.25) is 0 Å². The van der Waals surface area contributed by atoms with Crippen LogP contribution in [-0.2, 0) is 9.47 Å². The van der Waals surface area contributed by atoms with Gasteiger partial charge in [0.25, 0.3) is 0 Å². The lowest BCUT2D eigenvalue weighted by Crippen LogP contribution is -2.44. The first kappa shape index (κ1) is 19.2. The van der Waals surface area contributed by atoms with Gasteiger partial charge in [-0.2, -0.15) is 0 Å². The van der Waals surface area contributed by atoms with Gasteiger partial charge in [0.1, 0.15) is 5.60 Å². The van der Waals surface area contributed by atoms with Gasteiger partial charge in [0.2, 0.25) is 0 Å². The van der Waals surface area contributed by atoms with Gasteiger partial charge in [-0.05, 0) is 52.4 Å². The van der Waals surface area contributed by atoms with Gasteiger partial charge in [0, 0.05) is 32.8 Å². The Morgan fingerprint density at radius 3 is 2.36 bits per heavy atom. The van der Waals surface area contributed by atoms with E-state index in [4.69, 9.17) is 9.47 Å². The molecule has 0 radical (unpaired) electrons. The highest BCUT2D eigenvalue weighted by molar-refractivity contribution is 5.68. The summed E-state index contributed by atoms with van der Waals surface area (Å²) in [6.45, 7) is 10.6. The monoisotopic (exact) mass is 314 g/mol. The van der Waals surface area contributed by atoms with Crippen LogP contribution in [0.3, 0.4) is 0 Å². The van der Waals surface area contributed by atoms with Crippen LogP contribution < -0.4 is 5.32 Å². The van der Waals surface area contributed by atoms with Crippen LogP contribution in [-0.4, -0.2) is 56.0 Å². The number of ether oxygens (including phenoxy) is 2. The SMILES string of the molecule is COCCN(CCNC1CCC(C)CC1)C(=O)OC(C)(C)C. The number of nitrogens with one attached hydrogen (secondary N) is 1. The fourth-order valence-corrected chi connectivity index (χ4v) is 2.69. The van der Waals surface area contributed by atoms with Gasteiger partial charge >= 0.3 is 6.09 Å². The van der Waals surface area contributed by atoms with E-state index in [9.17, 15) is 4.79 Å². The maximum absolute atomic E-state index is 12.2. The smallest absolute Gasteiger partial charge is 0.410 e. The molecule has 0 aliphatic heterocycles. The molecule has 130 valence electrons. The Hall–Kier alpha value is -0.810. The molecular formula is C17H34N2O3. The number of methoxy groups -OCH3 is 1. The molecule has 1 fully saturated rings. The first-order chi connectivity index (χ1) is 10.3. The molecule has 0 heterocycles. The Balaban J connectivity index is 2.35. The van der Waals surface area contributed by atoms with E-state index < -0.39 is 5.60 Å². The second-order valence-corrected chi connectivity index (χ2v) is 7.37. The number of rotatable bonds is 7. The predicted octanol–water partition coefficient (Wildman–Crippen LogP) is 3.04. The number of nitrogens with zero attached hydrogens (tertiary/aromatic N) is 1. The summed E-state index contributed by atoms with van der Waals surface area (Å²) in [5.74, 6) is 0.859. The van der Waals surface area contributed by atoms with Crippen molar-refractivity contribution in [2.75, 3.05) is 33.4 Å².